The van der Waals surface area contributed by atoms with Gasteiger partial charge in [0, 0.05) is 25.8 Å². The van der Waals surface area contributed by atoms with E-state index in [4.69, 9.17) is 10.5 Å². The number of alkyl halides is 3. The van der Waals surface area contributed by atoms with Crippen molar-refractivity contribution in [2.24, 2.45) is 0 Å². The maximum Gasteiger partial charge on any atom is 0.433 e. The molecule has 2 N–H and O–H groups in total. The third-order valence-corrected chi connectivity index (χ3v) is 2.47. The van der Waals surface area contributed by atoms with Gasteiger partial charge in [0.15, 0.2) is 5.69 Å². The van der Waals surface area contributed by atoms with Crippen molar-refractivity contribution in [2.45, 2.75) is 26.1 Å². The molecule has 0 aliphatic heterocycles. The fourth-order valence-electron chi connectivity index (χ4n) is 1.57. The lowest BCUT2D eigenvalue weighted by Gasteiger charge is -2.28. The molecule has 1 aromatic rings. The predicted octanol–water partition coefficient (Wildman–Crippen LogP) is 1.94. The van der Waals surface area contributed by atoms with Crippen molar-refractivity contribution in [1.82, 2.24) is 9.97 Å². The minimum Gasteiger partial charge on any atom is -0.383 e. The molecule has 1 aromatic heterocycles. The van der Waals surface area contributed by atoms with E-state index in [1.165, 1.54) is 7.11 Å². The van der Waals surface area contributed by atoms with Gasteiger partial charge in [0.05, 0.1) is 6.61 Å². The fourth-order valence-corrected chi connectivity index (χ4v) is 1.57. The minimum atomic E-state index is -4.55. The Morgan fingerprint density at radius 1 is 1.37 bits per heavy atom. The number of rotatable bonds is 5. The number of methoxy groups -OCH3 is 1. The van der Waals surface area contributed by atoms with Gasteiger partial charge in [-0.25, -0.2) is 4.98 Å². The molecule has 0 unspecified atom stereocenters. The van der Waals surface area contributed by atoms with Crippen LogP contribution in [0.2, 0.25) is 0 Å². The van der Waals surface area contributed by atoms with Crippen molar-refractivity contribution >= 4 is 11.8 Å². The van der Waals surface area contributed by atoms with Crippen molar-refractivity contribution in [3.05, 3.63) is 11.8 Å². The summed E-state index contributed by atoms with van der Waals surface area (Å²) in [7, 11) is 1.52. The van der Waals surface area contributed by atoms with Crippen LogP contribution in [0, 0.1) is 0 Å². The molecule has 1 rings (SSSR count). The minimum absolute atomic E-state index is 0.0365. The number of nitrogens with two attached hydrogens (primary N) is 1. The SMILES string of the molecule is COCCN(c1cc(C(F)(F)F)nc(N)n1)C(C)C. The molecule has 8 heteroatoms. The first kappa shape index (κ1) is 15.5. The summed E-state index contributed by atoms with van der Waals surface area (Å²) in [5, 5.41) is 0. The van der Waals surface area contributed by atoms with Crippen molar-refractivity contribution < 1.29 is 17.9 Å². The van der Waals surface area contributed by atoms with Gasteiger partial charge in [-0.2, -0.15) is 18.2 Å². The Morgan fingerprint density at radius 2 is 2.00 bits per heavy atom. The van der Waals surface area contributed by atoms with Gasteiger partial charge in [-0.15, -0.1) is 0 Å². The quantitative estimate of drug-likeness (QED) is 0.891. The Morgan fingerprint density at radius 3 is 2.47 bits per heavy atom. The maximum atomic E-state index is 12.7. The van der Waals surface area contributed by atoms with E-state index in [9.17, 15) is 13.2 Å². The molecule has 1 heterocycles. The summed E-state index contributed by atoms with van der Waals surface area (Å²) < 4.78 is 43.0. The average Bonchev–Trinajstić information content (AvgIpc) is 2.27. The predicted molar refractivity (Wildman–Crippen MR) is 65.8 cm³/mol. The van der Waals surface area contributed by atoms with E-state index >= 15 is 0 Å². The van der Waals surface area contributed by atoms with Crippen LogP contribution < -0.4 is 10.6 Å². The van der Waals surface area contributed by atoms with Gasteiger partial charge >= 0.3 is 6.18 Å². The lowest BCUT2D eigenvalue weighted by atomic mass is 10.3. The van der Waals surface area contributed by atoms with Gasteiger partial charge in [-0.1, -0.05) is 0 Å². The van der Waals surface area contributed by atoms with Crippen LogP contribution in [-0.2, 0) is 10.9 Å². The summed E-state index contributed by atoms with van der Waals surface area (Å²) in [4.78, 5) is 8.75. The molecule has 19 heavy (non-hydrogen) atoms. The summed E-state index contributed by atoms with van der Waals surface area (Å²) in [6.07, 6.45) is -4.55. The Labute approximate surface area is 109 Å². The van der Waals surface area contributed by atoms with E-state index in [1.54, 1.807) is 4.90 Å². The molecule has 0 amide bonds. The van der Waals surface area contributed by atoms with Gasteiger partial charge in [0.2, 0.25) is 5.95 Å². The Hall–Kier alpha value is -1.57. The maximum absolute atomic E-state index is 12.7. The number of nitrogen functional groups attached to an aromatic ring is 1. The van der Waals surface area contributed by atoms with Crippen molar-refractivity contribution in [3.8, 4) is 0 Å². The molecule has 0 saturated carbocycles. The van der Waals surface area contributed by atoms with Crippen LogP contribution in [0.1, 0.15) is 19.5 Å². The second-order valence-electron chi connectivity index (χ2n) is 4.25. The summed E-state index contributed by atoms with van der Waals surface area (Å²) in [6.45, 7) is 4.49. The zero-order valence-corrected chi connectivity index (χ0v) is 11.0. The zero-order chi connectivity index (χ0) is 14.6. The van der Waals surface area contributed by atoms with Crippen LogP contribution in [-0.4, -0.2) is 36.3 Å². The second kappa shape index (κ2) is 6.05. The summed E-state index contributed by atoms with van der Waals surface area (Å²) in [6, 6.07) is 0.858. The normalized spacial score (nSPS) is 11.9. The van der Waals surface area contributed by atoms with Crippen molar-refractivity contribution in [1.29, 1.82) is 0 Å². The molecule has 0 aliphatic carbocycles. The molecular weight excluding hydrogens is 261 g/mol. The topological polar surface area (TPSA) is 64.3 Å². The second-order valence-corrected chi connectivity index (χ2v) is 4.25. The molecule has 0 radical (unpaired) electrons. The number of hydrogen-bond donors (Lipinski definition) is 1. The molecule has 0 aromatic carbocycles. The molecule has 108 valence electrons. The van der Waals surface area contributed by atoms with Crippen molar-refractivity contribution in [3.63, 3.8) is 0 Å². The van der Waals surface area contributed by atoms with E-state index in [-0.39, 0.29) is 11.9 Å². The number of nitrogens with zero attached hydrogens (tertiary/aromatic N) is 3. The number of anilines is 2. The smallest absolute Gasteiger partial charge is 0.383 e. The van der Waals surface area contributed by atoms with Gasteiger partial charge in [0.25, 0.3) is 0 Å². The molecular formula is C11H17F3N4O. The lowest BCUT2D eigenvalue weighted by Crippen LogP contribution is -2.35. The summed E-state index contributed by atoms with van der Waals surface area (Å²) >= 11 is 0. The number of halogens is 3. The third kappa shape index (κ3) is 4.23. The van der Waals surface area contributed by atoms with Gasteiger partial charge in [0.1, 0.15) is 5.82 Å². The van der Waals surface area contributed by atoms with Crippen LogP contribution >= 0.6 is 0 Å². The highest BCUT2D eigenvalue weighted by molar-refractivity contribution is 5.44. The van der Waals surface area contributed by atoms with Crippen LogP contribution in [0.25, 0.3) is 0 Å². The van der Waals surface area contributed by atoms with Crippen molar-refractivity contribution in [2.75, 3.05) is 30.9 Å². The van der Waals surface area contributed by atoms with E-state index < -0.39 is 17.8 Å². The van der Waals surface area contributed by atoms with Gasteiger partial charge < -0.3 is 15.4 Å². The first-order valence-electron chi connectivity index (χ1n) is 5.73. The number of hydrogen-bond acceptors (Lipinski definition) is 5. The molecule has 0 spiro atoms. The monoisotopic (exact) mass is 278 g/mol. The largest absolute Gasteiger partial charge is 0.433 e. The number of aromatic nitrogens is 2. The molecule has 5 nitrogen and oxygen atoms in total. The Kier molecular flexibility index (Phi) is 4.93. The first-order chi connectivity index (χ1) is 8.75. The van der Waals surface area contributed by atoms with Gasteiger partial charge in [-0.05, 0) is 13.8 Å². The van der Waals surface area contributed by atoms with Crippen LogP contribution in [0.3, 0.4) is 0 Å². The van der Waals surface area contributed by atoms with E-state index in [0.29, 0.717) is 13.2 Å². The van der Waals surface area contributed by atoms with E-state index in [0.717, 1.165) is 6.07 Å². The zero-order valence-electron chi connectivity index (χ0n) is 11.0. The fraction of sp³-hybridized carbons (Fsp3) is 0.636. The Balaban J connectivity index is 3.12. The molecule has 0 atom stereocenters. The third-order valence-electron chi connectivity index (χ3n) is 2.47. The van der Waals surface area contributed by atoms with Crippen LogP contribution in [0.15, 0.2) is 6.07 Å². The molecule has 0 bridgehead atoms. The average molecular weight is 278 g/mol. The Bertz CT molecular complexity index is 423. The van der Waals surface area contributed by atoms with E-state index in [2.05, 4.69) is 9.97 Å². The molecule has 0 fully saturated rings. The highest BCUT2D eigenvalue weighted by Crippen LogP contribution is 2.30. The standard InChI is InChI=1S/C11H17F3N4O/c1-7(2)18(4-5-19-3)9-6-8(11(12,13)14)16-10(15)17-9/h6-7H,4-5H2,1-3H3,(H2,15,16,17). The van der Waals surface area contributed by atoms with Gasteiger partial charge in [-0.3, -0.25) is 0 Å². The first-order valence-corrected chi connectivity index (χ1v) is 5.73. The van der Waals surface area contributed by atoms with Crippen LogP contribution in [0.5, 0.6) is 0 Å². The summed E-state index contributed by atoms with van der Waals surface area (Å²) in [5.74, 6) is -0.250. The summed E-state index contributed by atoms with van der Waals surface area (Å²) in [5.41, 5.74) is 4.30. The molecule has 0 saturated heterocycles. The van der Waals surface area contributed by atoms with Crippen LogP contribution in [0.4, 0.5) is 24.9 Å². The lowest BCUT2D eigenvalue weighted by molar-refractivity contribution is -0.141. The highest BCUT2D eigenvalue weighted by Gasteiger charge is 2.34. The number of ether oxygens (including phenoxy) is 1. The molecule has 0 aliphatic rings. The van der Waals surface area contributed by atoms with E-state index in [1.807, 2.05) is 13.8 Å². The highest BCUT2D eigenvalue weighted by atomic mass is 19.4.